The first-order valence-electron chi connectivity index (χ1n) is 6.88. The van der Waals surface area contributed by atoms with Gasteiger partial charge in [-0.05, 0) is 45.8 Å². The second-order valence-electron chi connectivity index (χ2n) is 5.31. The first kappa shape index (κ1) is 12.3. The van der Waals surface area contributed by atoms with Gasteiger partial charge in [0.15, 0.2) is 0 Å². The maximum atomic E-state index is 5.84. The van der Waals surface area contributed by atoms with E-state index in [1.807, 2.05) is 0 Å². The van der Waals surface area contributed by atoms with E-state index in [1.165, 1.54) is 51.6 Å². The van der Waals surface area contributed by atoms with Crippen molar-refractivity contribution in [2.45, 2.75) is 50.7 Å². The van der Waals surface area contributed by atoms with Gasteiger partial charge in [0.2, 0.25) is 0 Å². The highest BCUT2D eigenvalue weighted by Crippen LogP contribution is 2.20. The third-order valence-electron chi connectivity index (χ3n) is 3.91. The lowest BCUT2D eigenvalue weighted by atomic mass is 10.1. The lowest BCUT2D eigenvalue weighted by Gasteiger charge is -2.29. The lowest BCUT2D eigenvalue weighted by molar-refractivity contribution is 0.0578. The standard InChI is InChI=1S/C13H26N2O/c1-15-9-6-12(7-10-15)14-8-11-16-13-4-2-3-5-13/h12-14H,2-11H2,1H3. The van der Waals surface area contributed by atoms with Crippen molar-refractivity contribution >= 4 is 0 Å². The van der Waals surface area contributed by atoms with Gasteiger partial charge in [0.25, 0.3) is 0 Å². The van der Waals surface area contributed by atoms with Gasteiger partial charge in [-0.25, -0.2) is 0 Å². The third kappa shape index (κ3) is 4.04. The van der Waals surface area contributed by atoms with Crippen LogP contribution in [0.15, 0.2) is 0 Å². The van der Waals surface area contributed by atoms with Crippen LogP contribution in [0.25, 0.3) is 0 Å². The van der Waals surface area contributed by atoms with E-state index in [4.69, 9.17) is 4.74 Å². The largest absolute Gasteiger partial charge is 0.377 e. The van der Waals surface area contributed by atoms with E-state index in [9.17, 15) is 0 Å². The van der Waals surface area contributed by atoms with Crippen LogP contribution in [0.2, 0.25) is 0 Å². The number of hydrogen-bond acceptors (Lipinski definition) is 3. The quantitative estimate of drug-likeness (QED) is 0.721. The predicted molar refractivity (Wildman–Crippen MR) is 66.7 cm³/mol. The van der Waals surface area contributed by atoms with Crippen LogP contribution >= 0.6 is 0 Å². The Morgan fingerprint density at radius 1 is 1.12 bits per heavy atom. The summed E-state index contributed by atoms with van der Waals surface area (Å²) in [5.41, 5.74) is 0. The van der Waals surface area contributed by atoms with Crippen molar-refractivity contribution in [3.05, 3.63) is 0 Å². The molecular formula is C13H26N2O. The summed E-state index contributed by atoms with van der Waals surface area (Å²) >= 11 is 0. The number of ether oxygens (including phenoxy) is 1. The van der Waals surface area contributed by atoms with E-state index in [2.05, 4.69) is 17.3 Å². The van der Waals surface area contributed by atoms with Gasteiger partial charge >= 0.3 is 0 Å². The second-order valence-corrected chi connectivity index (χ2v) is 5.31. The molecule has 0 aromatic carbocycles. The summed E-state index contributed by atoms with van der Waals surface area (Å²) in [6.45, 7) is 4.41. The van der Waals surface area contributed by atoms with Crippen molar-refractivity contribution in [1.82, 2.24) is 10.2 Å². The zero-order chi connectivity index (χ0) is 11.2. The van der Waals surface area contributed by atoms with Crippen molar-refractivity contribution in [2.24, 2.45) is 0 Å². The molecule has 0 atom stereocenters. The summed E-state index contributed by atoms with van der Waals surface area (Å²) in [7, 11) is 2.21. The van der Waals surface area contributed by atoms with Crippen LogP contribution in [0.1, 0.15) is 38.5 Å². The molecule has 0 radical (unpaired) electrons. The van der Waals surface area contributed by atoms with Crippen LogP contribution in [-0.2, 0) is 4.74 Å². The van der Waals surface area contributed by atoms with Gasteiger partial charge in [-0.3, -0.25) is 0 Å². The summed E-state index contributed by atoms with van der Waals surface area (Å²) in [5.74, 6) is 0. The highest BCUT2D eigenvalue weighted by atomic mass is 16.5. The first-order chi connectivity index (χ1) is 7.84. The number of nitrogens with zero attached hydrogens (tertiary/aromatic N) is 1. The van der Waals surface area contributed by atoms with Crippen molar-refractivity contribution in [2.75, 3.05) is 33.3 Å². The molecule has 0 unspecified atom stereocenters. The second kappa shape index (κ2) is 6.58. The number of likely N-dealkylation sites (tertiary alicyclic amines) is 1. The summed E-state index contributed by atoms with van der Waals surface area (Å²) in [4.78, 5) is 2.41. The molecule has 0 aromatic rings. The van der Waals surface area contributed by atoms with E-state index in [1.54, 1.807) is 0 Å². The molecular weight excluding hydrogens is 200 g/mol. The fraction of sp³-hybridized carbons (Fsp3) is 1.00. The monoisotopic (exact) mass is 226 g/mol. The van der Waals surface area contributed by atoms with Gasteiger partial charge in [-0.1, -0.05) is 12.8 Å². The van der Waals surface area contributed by atoms with Crippen LogP contribution in [0, 0.1) is 0 Å². The summed E-state index contributed by atoms with van der Waals surface area (Å²) < 4.78 is 5.84. The SMILES string of the molecule is CN1CCC(NCCOC2CCCC2)CC1. The normalized spacial score (nSPS) is 25.3. The van der Waals surface area contributed by atoms with Crippen LogP contribution in [0.4, 0.5) is 0 Å². The Labute approximate surface area is 99.5 Å². The number of rotatable bonds is 5. The molecule has 1 aliphatic carbocycles. The zero-order valence-electron chi connectivity index (χ0n) is 10.6. The molecule has 0 aromatic heterocycles. The lowest BCUT2D eigenvalue weighted by Crippen LogP contribution is -2.42. The Balaban J connectivity index is 1.48. The molecule has 1 N–H and O–H groups in total. The topological polar surface area (TPSA) is 24.5 Å². The fourth-order valence-electron chi connectivity index (χ4n) is 2.76. The Morgan fingerprint density at radius 2 is 1.81 bits per heavy atom. The molecule has 1 heterocycles. The van der Waals surface area contributed by atoms with Gasteiger partial charge in [0.05, 0.1) is 12.7 Å². The minimum atomic E-state index is 0.569. The molecule has 1 aliphatic heterocycles. The molecule has 2 aliphatic rings. The highest BCUT2D eigenvalue weighted by Gasteiger charge is 2.17. The fourth-order valence-corrected chi connectivity index (χ4v) is 2.76. The van der Waals surface area contributed by atoms with Crippen LogP contribution in [0.3, 0.4) is 0 Å². The van der Waals surface area contributed by atoms with Gasteiger partial charge in [0, 0.05) is 12.6 Å². The number of nitrogens with one attached hydrogen (secondary N) is 1. The molecule has 3 heteroatoms. The zero-order valence-corrected chi connectivity index (χ0v) is 10.6. The average molecular weight is 226 g/mol. The van der Waals surface area contributed by atoms with Crippen molar-refractivity contribution in [3.63, 3.8) is 0 Å². The molecule has 1 saturated heterocycles. The van der Waals surface area contributed by atoms with E-state index in [-0.39, 0.29) is 0 Å². The maximum Gasteiger partial charge on any atom is 0.0594 e. The maximum absolute atomic E-state index is 5.84. The van der Waals surface area contributed by atoms with Crippen LogP contribution < -0.4 is 5.32 Å². The molecule has 16 heavy (non-hydrogen) atoms. The van der Waals surface area contributed by atoms with Crippen molar-refractivity contribution in [3.8, 4) is 0 Å². The minimum Gasteiger partial charge on any atom is -0.377 e. The van der Waals surface area contributed by atoms with E-state index in [0.717, 1.165) is 19.2 Å². The predicted octanol–water partition coefficient (Wildman–Crippen LogP) is 1.63. The molecule has 1 saturated carbocycles. The minimum absolute atomic E-state index is 0.569. The molecule has 0 spiro atoms. The Kier molecular flexibility index (Phi) is 5.07. The Bertz CT molecular complexity index is 184. The van der Waals surface area contributed by atoms with Crippen molar-refractivity contribution in [1.29, 1.82) is 0 Å². The van der Waals surface area contributed by atoms with Gasteiger partial charge < -0.3 is 15.0 Å². The van der Waals surface area contributed by atoms with Crippen molar-refractivity contribution < 1.29 is 4.74 Å². The van der Waals surface area contributed by atoms with Gasteiger partial charge in [-0.2, -0.15) is 0 Å². The van der Waals surface area contributed by atoms with E-state index in [0.29, 0.717) is 6.10 Å². The summed E-state index contributed by atoms with van der Waals surface area (Å²) in [6, 6.07) is 0.725. The highest BCUT2D eigenvalue weighted by molar-refractivity contribution is 4.75. The first-order valence-corrected chi connectivity index (χ1v) is 6.88. The molecule has 3 nitrogen and oxygen atoms in total. The summed E-state index contributed by atoms with van der Waals surface area (Å²) in [6.07, 6.45) is 8.46. The summed E-state index contributed by atoms with van der Waals surface area (Å²) in [5, 5.41) is 3.61. The van der Waals surface area contributed by atoms with Crippen LogP contribution in [0.5, 0.6) is 0 Å². The van der Waals surface area contributed by atoms with E-state index >= 15 is 0 Å². The van der Waals surface area contributed by atoms with Gasteiger partial charge in [0.1, 0.15) is 0 Å². The Hall–Kier alpha value is -0.120. The molecule has 0 amide bonds. The average Bonchev–Trinajstić information content (AvgIpc) is 2.80. The Morgan fingerprint density at radius 3 is 2.50 bits per heavy atom. The molecule has 2 rings (SSSR count). The molecule has 0 bridgehead atoms. The number of piperidine rings is 1. The van der Waals surface area contributed by atoms with E-state index < -0.39 is 0 Å². The molecule has 2 fully saturated rings. The van der Waals surface area contributed by atoms with Gasteiger partial charge in [-0.15, -0.1) is 0 Å². The smallest absolute Gasteiger partial charge is 0.0594 e. The third-order valence-corrected chi connectivity index (χ3v) is 3.91. The number of hydrogen-bond donors (Lipinski definition) is 1. The molecule has 94 valence electrons. The van der Waals surface area contributed by atoms with Crippen LogP contribution in [-0.4, -0.2) is 50.3 Å².